The van der Waals surface area contributed by atoms with Crippen molar-refractivity contribution in [2.75, 3.05) is 26.2 Å². The smallest absolute Gasteiger partial charge is 1.00 e. The third kappa shape index (κ3) is 5.23. The molecule has 2 heterocycles. The number of rotatable bonds is 6. The molecule has 0 N–H and O–H groups in total. The van der Waals surface area contributed by atoms with Crippen molar-refractivity contribution in [3.8, 4) is 0 Å². The Morgan fingerprint density at radius 2 is 1.00 bits per heavy atom. The Labute approximate surface area is 204 Å². The van der Waals surface area contributed by atoms with Crippen molar-refractivity contribution in [2.45, 2.75) is 64.7 Å². The van der Waals surface area contributed by atoms with Gasteiger partial charge in [-0.15, -0.1) is 0 Å². The summed E-state index contributed by atoms with van der Waals surface area (Å²) in [6.07, 6.45) is 18.3. The van der Waals surface area contributed by atoms with Crippen molar-refractivity contribution in [1.29, 1.82) is 0 Å². The van der Waals surface area contributed by atoms with E-state index in [0.29, 0.717) is 0 Å². The minimum Gasteiger partial charge on any atom is -1.00 e. The summed E-state index contributed by atoms with van der Waals surface area (Å²) in [5.74, 6) is 0. The summed E-state index contributed by atoms with van der Waals surface area (Å²) in [5.41, 5.74) is 0. The van der Waals surface area contributed by atoms with Crippen molar-refractivity contribution < 1.29 is 47.7 Å². The molecule has 2 fully saturated rings. The average Bonchev–Trinajstić information content (AvgIpc) is 3.40. The quantitative estimate of drug-likeness (QED) is 0.353. The summed E-state index contributed by atoms with van der Waals surface area (Å²) >= 11 is -0.905. The first kappa shape index (κ1) is 26.0. The molecule has 0 aromatic heterocycles. The predicted octanol–water partition coefficient (Wildman–Crippen LogP) is -0.815. The molecule has 4 aliphatic rings. The number of hydrogen-bond acceptors (Lipinski definition) is 2. The van der Waals surface area contributed by atoms with Crippen LogP contribution in [0.5, 0.6) is 0 Å². The van der Waals surface area contributed by atoms with Crippen LogP contribution in [0.2, 0.25) is 26.2 Å². The van der Waals surface area contributed by atoms with Crippen LogP contribution in [-0.2, 0) is 22.9 Å². The molecule has 0 atom stereocenters. The largest absolute Gasteiger partial charge is 1.00 e. The number of halogens is 2. The Bertz CT molecular complexity index is 656. The normalized spacial score (nSPS) is 23.0. The van der Waals surface area contributed by atoms with Gasteiger partial charge in [-0.2, -0.15) is 0 Å². The monoisotopic (exact) mass is 634 g/mol. The summed E-state index contributed by atoms with van der Waals surface area (Å²) in [7, 11) is -2.87. The van der Waals surface area contributed by atoms with Gasteiger partial charge in [0.05, 0.1) is 0 Å². The van der Waals surface area contributed by atoms with Crippen molar-refractivity contribution >= 4 is 16.5 Å². The second kappa shape index (κ2) is 10.6. The van der Waals surface area contributed by atoms with E-state index in [-0.39, 0.29) is 24.8 Å². The molecule has 0 spiro atoms. The van der Waals surface area contributed by atoms with Crippen LogP contribution in [0.4, 0.5) is 0 Å². The zero-order valence-electron chi connectivity index (χ0n) is 18.5. The summed E-state index contributed by atoms with van der Waals surface area (Å²) < 4.78 is 9.65. The van der Waals surface area contributed by atoms with Gasteiger partial charge in [-0.05, 0) is 0 Å². The van der Waals surface area contributed by atoms with Gasteiger partial charge < -0.3 is 24.8 Å². The van der Waals surface area contributed by atoms with E-state index < -0.39 is 39.4 Å². The molecule has 0 unspecified atom stereocenters. The topological polar surface area (TPSA) is 6.48 Å². The van der Waals surface area contributed by atoms with Gasteiger partial charge in [0.1, 0.15) is 0 Å². The van der Waals surface area contributed by atoms with E-state index in [4.69, 9.17) is 0 Å². The van der Waals surface area contributed by atoms with Crippen LogP contribution < -0.4 is 24.8 Å². The third-order valence-electron chi connectivity index (χ3n) is 7.28. The molecule has 7 heteroatoms. The third-order valence-corrected chi connectivity index (χ3v) is 22.3. The van der Waals surface area contributed by atoms with E-state index in [2.05, 4.69) is 59.6 Å². The molecule has 0 amide bonds. The maximum absolute atomic E-state index is 2.88. The van der Waals surface area contributed by atoms with Crippen molar-refractivity contribution in [1.82, 2.24) is 9.13 Å². The van der Waals surface area contributed by atoms with E-state index in [9.17, 15) is 0 Å². The SMILES string of the molecule is C[Si](C)(C1=[C]([Hf+2][C]2=C([Si](C)(C)N3CCCC3)C=CC2)CC=C1)N1CCCC1.[Cl-].[Cl-]. The second-order valence-electron chi connectivity index (χ2n) is 9.63. The van der Waals surface area contributed by atoms with Crippen molar-refractivity contribution in [2.24, 2.45) is 0 Å². The Morgan fingerprint density at radius 3 is 1.34 bits per heavy atom. The van der Waals surface area contributed by atoms with Crippen LogP contribution in [-0.4, -0.2) is 51.8 Å². The molecular weight excluding hydrogens is 598 g/mol. The van der Waals surface area contributed by atoms with Gasteiger partial charge in [0.2, 0.25) is 0 Å². The first-order valence-corrected chi connectivity index (χ1v) is 20.5. The predicted molar refractivity (Wildman–Crippen MR) is 118 cm³/mol. The molecule has 160 valence electrons. The van der Waals surface area contributed by atoms with E-state index >= 15 is 0 Å². The molecule has 2 aliphatic heterocycles. The van der Waals surface area contributed by atoms with Crippen molar-refractivity contribution in [3.05, 3.63) is 41.4 Å². The van der Waals surface area contributed by atoms with Crippen LogP contribution in [0, 0.1) is 0 Å². The minimum absolute atomic E-state index is 0. The van der Waals surface area contributed by atoms with E-state index in [0.717, 1.165) is 0 Å². The van der Waals surface area contributed by atoms with E-state index in [1.807, 2.05) is 17.1 Å². The zero-order chi connectivity index (χ0) is 19.1. The fraction of sp³-hybridized carbons (Fsp3) is 0.636. The minimum atomic E-state index is -1.43. The molecule has 29 heavy (non-hydrogen) atoms. The van der Waals surface area contributed by atoms with Crippen LogP contribution in [0.1, 0.15) is 38.5 Å². The number of hydrogen-bond donors (Lipinski definition) is 0. The molecule has 4 rings (SSSR count). The Kier molecular flexibility index (Phi) is 9.50. The van der Waals surface area contributed by atoms with Gasteiger partial charge in [-0.25, -0.2) is 0 Å². The molecule has 0 aromatic carbocycles. The fourth-order valence-electron chi connectivity index (χ4n) is 5.47. The van der Waals surface area contributed by atoms with Crippen molar-refractivity contribution in [3.63, 3.8) is 0 Å². The van der Waals surface area contributed by atoms with Crippen LogP contribution >= 0.6 is 0 Å². The fourth-order valence-corrected chi connectivity index (χ4v) is 23.8. The Morgan fingerprint density at radius 1 is 0.655 bits per heavy atom. The molecule has 2 aliphatic carbocycles. The molecule has 0 aromatic rings. The summed E-state index contributed by atoms with van der Waals surface area (Å²) in [5, 5.41) is 3.68. The van der Waals surface area contributed by atoms with Gasteiger partial charge in [0.25, 0.3) is 0 Å². The summed E-state index contributed by atoms with van der Waals surface area (Å²) in [4.78, 5) is 0. The standard InChI is InChI=1S/2C11H18NSi.2ClH.Hf/c2*1-13(2,11-7-3-4-8-11)12-9-5-6-10-12;;;/h2*3,7H,4-6,9-10H2,1-2H3;2*1H;/q;;;;+2/p-2. The Balaban J connectivity index is 0.00000150. The van der Waals surface area contributed by atoms with Gasteiger partial charge in [-0.3, -0.25) is 0 Å². The second-order valence-corrected chi connectivity index (χ2v) is 23.4. The number of nitrogens with zero attached hydrogens (tertiary/aromatic N) is 2. The van der Waals surface area contributed by atoms with Gasteiger partial charge in [-0.1, -0.05) is 0 Å². The zero-order valence-corrected chi connectivity index (χ0v) is 25.6. The summed E-state index contributed by atoms with van der Waals surface area (Å²) in [6.45, 7) is 15.9. The maximum atomic E-state index is 2.88. The molecule has 2 nitrogen and oxygen atoms in total. The summed E-state index contributed by atoms with van der Waals surface area (Å²) in [6, 6.07) is 0. The molecule has 0 saturated carbocycles. The molecular formula is C22H36Cl2HfN2Si2. The number of allylic oxidation sites excluding steroid dienone is 8. The maximum Gasteiger partial charge on any atom is -1.00 e. The first-order valence-electron chi connectivity index (χ1n) is 11.0. The average molecular weight is 634 g/mol. The molecule has 2 saturated heterocycles. The Hall–Kier alpha value is 0.764. The van der Waals surface area contributed by atoms with Crippen LogP contribution in [0.25, 0.3) is 0 Å². The van der Waals surface area contributed by atoms with Crippen LogP contribution in [0.15, 0.2) is 41.4 Å². The van der Waals surface area contributed by atoms with E-state index in [1.54, 1.807) is 0 Å². The van der Waals surface area contributed by atoms with Gasteiger partial charge in [0.15, 0.2) is 0 Å². The first-order chi connectivity index (χ1) is 12.9. The van der Waals surface area contributed by atoms with E-state index in [1.165, 1.54) is 64.7 Å². The molecule has 0 bridgehead atoms. The van der Waals surface area contributed by atoms with Crippen LogP contribution in [0.3, 0.4) is 0 Å². The van der Waals surface area contributed by atoms with Gasteiger partial charge in [0, 0.05) is 0 Å². The van der Waals surface area contributed by atoms with Gasteiger partial charge >= 0.3 is 181 Å². The molecule has 0 radical (unpaired) electrons.